The average Bonchev–Trinajstić information content (AvgIpc) is 2.67. The first-order chi connectivity index (χ1) is 14.4. The Kier molecular flexibility index (Phi) is 6.15. The van der Waals surface area contributed by atoms with Crippen LogP contribution < -0.4 is 4.74 Å². The SMILES string of the molecule is CC(=NOCC(F)(F)F)c1nc(C(F)(F)F)nc2cccc(Oc3ncc(Cl)cn3)c12. The molecule has 164 valence electrons. The highest BCUT2D eigenvalue weighted by molar-refractivity contribution is 6.30. The number of nitrogens with zero attached hydrogens (tertiary/aromatic N) is 5. The molecule has 2 heterocycles. The zero-order valence-electron chi connectivity index (χ0n) is 15.3. The van der Waals surface area contributed by atoms with Gasteiger partial charge in [0.05, 0.1) is 28.3 Å². The van der Waals surface area contributed by atoms with Crippen molar-refractivity contribution in [3.8, 4) is 11.8 Å². The topological polar surface area (TPSA) is 82.4 Å². The number of halogens is 7. The molecular formula is C17H10ClF6N5O2. The first-order valence-electron chi connectivity index (χ1n) is 8.21. The molecule has 0 spiro atoms. The van der Waals surface area contributed by atoms with Crippen LogP contribution in [0.4, 0.5) is 26.3 Å². The predicted molar refractivity (Wildman–Crippen MR) is 95.9 cm³/mol. The van der Waals surface area contributed by atoms with Crippen LogP contribution >= 0.6 is 11.6 Å². The normalized spacial score (nSPS) is 12.8. The number of benzene rings is 1. The Bertz CT molecular complexity index is 1120. The first kappa shape index (κ1) is 22.5. The molecule has 0 amide bonds. The van der Waals surface area contributed by atoms with Gasteiger partial charge in [-0.25, -0.2) is 19.9 Å². The van der Waals surface area contributed by atoms with Gasteiger partial charge < -0.3 is 9.57 Å². The summed E-state index contributed by atoms with van der Waals surface area (Å²) in [6, 6.07) is 3.78. The molecule has 2 aromatic heterocycles. The molecule has 0 saturated heterocycles. The lowest BCUT2D eigenvalue weighted by molar-refractivity contribution is -0.173. The van der Waals surface area contributed by atoms with Gasteiger partial charge in [-0.2, -0.15) is 26.3 Å². The molecule has 0 unspecified atom stereocenters. The second-order valence-corrected chi connectivity index (χ2v) is 6.33. The van der Waals surface area contributed by atoms with Crippen LogP contribution in [-0.4, -0.2) is 38.4 Å². The Balaban J connectivity index is 2.14. The number of hydrogen-bond donors (Lipinski definition) is 0. The summed E-state index contributed by atoms with van der Waals surface area (Å²) >= 11 is 5.70. The minimum Gasteiger partial charge on any atom is -0.423 e. The van der Waals surface area contributed by atoms with Gasteiger partial charge in [-0.05, 0) is 19.1 Å². The number of ether oxygens (including phenoxy) is 1. The maximum atomic E-state index is 13.2. The lowest BCUT2D eigenvalue weighted by Crippen LogP contribution is -2.17. The van der Waals surface area contributed by atoms with Gasteiger partial charge in [0.15, 0.2) is 0 Å². The summed E-state index contributed by atoms with van der Waals surface area (Å²) in [5.41, 5.74) is -1.01. The van der Waals surface area contributed by atoms with E-state index in [-0.39, 0.29) is 33.4 Å². The van der Waals surface area contributed by atoms with Gasteiger partial charge in [0, 0.05) is 0 Å². The predicted octanol–water partition coefficient (Wildman–Crippen LogP) is 5.19. The molecule has 0 aliphatic carbocycles. The van der Waals surface area contributed by atoms with Crippen LogP contribution in [0.3, 0.4) is 0 Å². The first-order valence-corrected chi connectivity index (χ1v) is 8.59. The molecule has 3 aromatic rings. The van der Waals surface area contributed by atoms with Crippen LogP contribution in [0.25, 0.3) is 10.9 Å². The molecule has 0 bridgehead atoms. The summed E-state index contributed by atoms with van der Waals surface area (Å²) in [5, 5.41) is 3.40. The Labute approximate surface area is 174 Å². The summed E-state index contributed by atoms with van der Waals surface area (Å²) < 4.78 is 82.2. The molecule has 31 heavy (non-hydrogen) atoms. The van der Waals surface area contributed by atoms with E-state index in [9.17, 15) is 26.3 Å². The molecule has 1 aromatic carbocycles. The summed E-state index contributed by atoms with van der Waals surface area (Å²) in [6.45, 7) is -0.602. The molecule has 7 nitrogen and oxygen atoms in total. The fourth-order valence-electron chi connectivity index (χ4n) is 2.32. The van der Waals surface area contributed by atoms with E-state index < -0.39 is 30.5 Å². The van der Waals surface area contributed by atoms with Crippen LogP contribution in [0.1, 0.15) is 18.4 Å². The lowest BCUT2D eigenvalue weighted by atomic mass is 10.1. The number of fused-ring (bicyclic) bond motifs is 1. The third kappa shape index (κ3) is 5.69. The van der Waals surface area contributed by atoms with E-state index >= 15 is 0 Å². The van der Waals surface area contributed by atoms with E-state index in [1.165, 1.54) is 30.6 Å². The van der Waals surface area contributed by atoms with Gasteiger partial charge in [-0.15, -0.1) is 0 Å². The fourth-order valence-corrected chi connectivity index (χ4v) is 2.42. The third-order valence-corrected chi connectivity index (χ3v) is 3.70. The minimum absolute atomic E-state index is 0.0612. The van der Waals surface area contributed by atoms with E-state index in [0.29, 0.717) is 0 Å². The van der Waals surface area contributed by atoms with Crippen LogP contribution in [0.2, 0.25) is 5.02 Å². The fraction of sp³-hybridized carbons (Fsp3) is 0.235. The maximum Gasteiger partial charge on any atom is 0.451 e. The van der Waals surface area contributed by atoms with Crippen LogP contribution in [0, 0.1) is 0 Å². The van der Waals surface area contributed by atoms with Crippen molar-refractivity contribution in [2.45, 2.75) is 19.3 Å². The number of alkyl halides is 6. The van der Waals surface area contributed by atoms with E-state index in [1.807, 2.05) is 0 Å². The summed E-state index contributed by atoms with van der Waals surface area (Å²) in [6.07, 6.45) is -7.15. The highest BCUT2D eigenvalue weighted by atomic mass is 35.5. The molecule has 3 rings (SSSR count). The highest BCUT2D eigenvalue weighted by Gasteiger charge is 2.36. The van der Waals surface area contributed by atoms with Crippen molar-refractivity contribution < 1.29 is 35.9 Å². The second kappa shape index (κ2) is 8.49. The van der Waals surface area contributed by atoms with E-state index in [4.69, 9.17) is 16.3 Å². The van der Waals surface area contributed by atoms with Gasteiger partial charge in [0.1, 0.15) is 17.2 Å². The van der Waals surface area contributed by atoms with Crippen molar-refractivity contribution in [1.29, 1.82) is 0 Å². The quantitative estimate of drug-likeness (QED) is 0.293. The number of aromatic nitrogens is 4. The van der Waals surface area contributed by atoms with Crippen molar-refractivity contribution in [3.05, 3.63) is 47.1 Å². The molecule has 14 heteroatoms. The van der Waals surface area contributed by atoms with Gasteiger partial charge in [-0.3, -0.25) is 0 Å². The Morgan fingerprint density at radius 2 is 1.74 bits per heavy atom. The van der Waals surface area contributed by atoms with Gasteiger partial charge in [-0.1, -0.05) is 22.8 Å². The summed E-state index contributed by atoms with van der Waals surface area (Å²) in [5.74, 6) is -1.57. The molecule has 0 fully saturated rings. The van der Waals surface area contributed by atoms with Crippen molar-refractivity contribution in [2.75, 3.05) is 6.61 Å². The van der Waals surface area contributed by atoms with Crippen molar-refractivity contribution in [1.82, 2.24) is 19.9 Å². The number of rotatable bonds is 5. The smallest absolute Gasteiger partial charge is 0.423 e. The highest BCUT2D eigenvalue weighted by Crippen LogP contribution is 2.34. The summed E-state index contributed by atoms with van der Waals surface area (Å²) in [7, 11) is 0. The van der Waals surface area contributed by atoms with Gasteiger partial charge in [0.25, 0.3) is 0 Å². The number of hydrogen-bond acceptors (Lipinski definition) is 7. The monoisotopic (exact) mass is 465 g/mol. The van der Waals surface area contributed by atoms with Crippen LogP contribution in [0.15, 0.2) is 35.7 Å². The van der Waals surface area contributed by atoms with Crippen molar-refractivity contribution >= 4 is 28.2 Å². The lowest BCUT2D eigenvalue weighted by Gasteiger charge is -2.13. The van der Waals surface area contributed by atoms with Crippen molar-refractivity contribution in [2.24, 2.45) is 5.16 Å². The Hall–Kier alpha value is -3.22. The van der Waals surface area contributed by atoms with Crippen LogP contribution in [-0.2, 0) is 11.0 Å². The van der Waals surface area contributed by atoms with Crippen molar-refractivity contribution in [3.63, 3.8) is 0 Å². The molecule has 0 atom stereocenters. The molecule has 0 saturated carbocycles. The van der Waals surface area contributed by atoms with Gasteiger partial charge in [0.2, 0.25) is 12.4 Å². The average molecular weight is 466 g/mol. The minimum atomic E-state index is -4.92. The molecular weight excluding hydrogens is 456 g/mol. The van der Waals surface area contributed by atoms with Gasteiger partial charge >= 0.3 is 18.4 Å². The standard InChI is InChI=1S/C17H10ClF6N5O2/c1-8(29-30-7-16(19,20)21)13-12-10(27-14(28-13)17(22,23)24)3-2-4-11(12)31-15-25-5-9(18)6-26-15/h2-6H,7H2,1H3. The maximum absolute atomic E-state index is 13.2. The Morgan fingerprint density at radius 3 is 2.35 bits per heavy atom. The third-order valence-electron chi connectivity index (χ3n) is 3.51. The molecule has 0 aliphatic heterocycles. The number of oxime groups is 1. The molecule has 0 radical (unpaired) electrons. The zero-order chi connectivity index (χ0) is 22.8. The van der Waals surface area contributed by atoms with E-state index in [1.54, 1.807) is 0 Å². The second-order valence-electron chi connectivity index (χ2n) is 5.90. The Morgan fingerprint density at radius 1 is 1.06 bits per heavy atom. The van der Waals surface area contributed by atoms with E-state index in [0.717, 1.165) is 6.92 Å². The largest absolute Gasteiger partial charge is 0.451 e. The molecule has 0 N–H and O–H groups in total. The zero-order valence-corrected chi connectivity index (χ0v) is 16.0. The van der Waals surface area contributed by atoms with Crippen LogP contribution in [0.5, 0.6) is 11.8 Å². The molecule has 0 aliphatic rings. The van der Waals surface area contributed by atoms with E-state index in [2.05, 4.69) is 29.9 Å². The summed E-state index contributed by atoms with van der Waals surface area (Å²) in [4.78, 5) is 18.8.